The first-order chi connectivity index (χ1) is 18.1. The van der Waals surface area contributed by atoms with Crippen LogP contribution in [0.4, 0.5) is 26.1 Å². The van der Waals surface area contributed by atoms with E-state index in [9.17, 15) is 8.78 Å². The van der Waals surface area contributed by atoms with Gasteiger partial charge in [0.05, 0.1) is 11.7 Å². The molecule has 0 atom stereocenters. The van der Waals surface area contributed by atoms with Gasteiger partial charge in [-0.2, -0.15) is 4.39 Å². The normalized spacial score (nSPS) is 17.8. The van der Waals surface area contributed by atoms with Gasteiger partial charge in [0.2, 0.25) is 5.95 Å². The largest absolute Gasteiger partial charge is 0.353 e. The lowest BCUT2D eigenvalue weighted by Gasteiger charge is -2.30. The van der Waals surface area contributed by atoms with Crippen LogP contribution in [0.5, 0.6) is 0 Å². The minimum Gasteiger partial charge on any atom is -0.353 e. The second kappa shape index (κ2) is 8.95. The Morgan fingerprint density at radius 2 is 1.76 bits per heavy atom. The van der Waals surface area contributed by atoms with Crippen molar-refractivity contribution in [1.82, 2.24) is 30.2 Å². The van der Waals surface area contributed by atoms with E-state index in [0.717, 1.165) is 68.6 Å². The van der Waals surface area contributed by atoms with E-state index in [0.29, 0.717) is 23.0 Å². The Kier molecular flexibility index (Phi) is 5.42. The Balaban J connectivity index is 1.28. The standard InChI is InChI=1S/C27H26F2N8/c28-19-12-20(16-3-4-16)33-25(29)24(19)35-22-11-17(5-6-32-22)26-34-21-14-31-13-18(15-1-2-15)23(21)27(36-26)37-9-7-30-8-10-37/h5-6,11-16,30H,1-4,7-10H2,(H,32,35). The lowest BCUT2D eigenvalue weighted by molar-refractivity contribution is 0.551. The number of nitrogens with one attached hydrogen (secondary N) is 2. The minimum atomic E-state index is -0.865. The Bertz CT molecular complexity index is 1470. The Labute approximate surface area is 212 Å². The molecular weight excluding hydrogens is 474 g/mol. The van der Waals surface area contributed by atoms with Crippen molar-refractivity contribution in [2.45, 2.75) is 37.5 Å². The quantitative estimate of drug-likeness (QED) is 0.369. The number of pyridine rings is 3. The number of hydrogen-bond acceptors (Lipinski definition) is 8. The molecule has 0 radical (unpaired) electrons. The van der Waals surface area contributed by atoms with Crippen molar-refractivity contribution >= 4 is 28.2 Å². The molecule has 0 amide bonds. The van der Waals surface area contributed by atoms with Crippen LogP contribution >= 0.6 is 0 Å². The van der Waals surface area contributed by atoms with Gasteiger partial charge in [-0.25, -0.2) is 24.3 Å². The average molecular weight is 501 g/mol. The summed E-state index contributed by atoms with van der Waals surface area (Å²) < 4.78 is 29.4. The summed E-state index contributed by atoms with van der Waals surface area (Å²) in [5.74, 6) is 0.837. The van der Waals surface area contributed by atoms with Gasteiger partial charge in [0, 0.05) is 61.1 Å². The predicted molar refractivity (Wildman–Crippen MR) is 137 cm³/mol. The Hall–Kier alpha value is -3.79. The lowest BCUT2D eigenvalue weighted by Crippen LogP contribution is -2.44. The van der Waals surface area contributed by atoms with E-state index < -0.39 is 11.8 Å². The monoisotopic (exact) mass is 500 g/mol. The maximum Gasteiger partial charge on any atom is 0.239 e. The van der Waals surface area contributed by atoms with Crippen LogP contribution in [-0.4, -0.2) is 51.1 Å². The maximum atomic E-state index is 14.7. The number of anilines is 3. The van der Waals surface area contributed by atoms with Crippen molar-refractivity contribution in [2.75, 3.05) is 36.4 Å². The van der Waals surface area contributed by atoms with Crippen molar-refractivity contribution in [3.8, 4) is 11.4 Å². The van der Waals surface area contributed by atoms with E-state index in [4.69, 9.17) is 9.97 Å². The number of aromatic nitrogens is 5. The van der Waals surface area contributed by atoms with Gasteiger partial charge >= 0.3 is 0 Å². The van der Waals surface area contributed by atoms with Gasteiger partial charge in [0.25, 0.3) is 0 Å². The summed E-state index contributed by atoms with van der Waals surface area (Å²) in [4.78, 5) is 24.9. The van der Waals surface area contributed by atoms with Crippen LogP contribution in [0.1, 0.15) is 48.8 Å². The summed E-state index contributed by atoms with van der Waals surface area (Å²) >= 11 is 0. The fraction of sp³-hybridized carbons (Fsp3) is 0.370. The van der Waals surface area contributed by atoms with Gasteiger partial charge in [-0.3, -0.25) is 4.98 Å². The fourth-order valence-corrected chi connectivity index (χ4v) is 4.99. The zero-order valence-corrected chi connectivity index (χ0v) is 20.2. The molecule has 4 aromatic rings. The van der Waals surface area contributed by atoms with Crippen LogP contribution in [0, 0.1) is 11.8 Å². The highest BCUT2D eigenvalue weighted by Crippen LogP contribution is 2.45. The van der Waals surface area contributed by atoms with E-state index in [-0.39, 0.29) is 17.4 Å². The summed E-state index contributed by atoms with van der Waals surface area (Å²) in [5.41, 5.74) is 2.85. The van der Waals surface area contributed by atoms with Crippen LogP contribution < -0.4 is 15.5 Å². The highest BCUT2D eigenvalue weighted by Gasteiger charge is 2.30. The molecule has 8 nitrogen and oxygen atoms in total. The smallest absolute Gasteiger partial charge is 0.239 e. The molecule has 7 rings (SSSR count). The Morgan fingerprint density at radius 3 is 2.51 bits per heavy atom. The third kappa shape index (κ3) is 4.35. The third-order valence-corrected chi connectivity index (χ3v) is 7.26. The number of fused-ring (bicyclic) bond motifs is 1. The molecule has 0 aromatic carbocycles. The second-order valence-corrected chi connectivity index (χ2v) is 10.0. The number of nitrogens with zero attached hydrogens (tertiary/aromatic N) is 6. The molecule has 188 valence electrons. The zero-order valence-electron chi connectivity index (χ0n) is 20.2. The van der Waals surface area contributed by atoms with Crippen LogP contribution in [0.15, 0.2) is 36.8 Å². The van der Waals surface area contributed by atoms with Crippen molar-refractivity contribution in [2.24, 2.45) is 0 Å². The molecule has 4 aromatic heterocycles. The van der Waals surface area contributed by atoms with E-state index in [2.05, 4.69) is 30.5 Å². The number of halogens is 2. The van der Waals surface area contributed by atoms with Crippen LogP contribution in [-0.2, 0) is 0 Å². The Morgan fingerprint density at radius 1 is 0.946 bits per heavy atom. The topological polar surface area (TPSA) is 91.8 Å². The van der Waals surface area contributed by atoms with Gasteiger partial charge in [0.1, 0.15) is 17.3 Å². The van der Waals surface area contributed by atoms with Gasteiger partial charge in [0.15, 0.2) is 11.6 Å². The molecular formula is C27H26F2N8. The van der Waals surface area contributed by atoms with Crippen molar-refractivity contribution < 1.29 is 8.78 Å². The summed E-state index contributed by atoms with van der Waals surface area (Å²) in [6, 6.07) is 4.81. The summed E-state index contributed by atoms with van der Waals surface area (Å²) in [5, 5.41) is 7.25. The minimum absolute atomic E-state index is 0.157. The highest BCUT2D eigenvalue weighted by molar-refractivity contribution is 5.94. The average Bonchev–Trinajstić information content (AvgIpc) is 3.83. The number of hydrogen-bond donors (Lipinski definition) is 2. The molecule has 2 N–H and O–H groups in total. The molecule has 0 unspecified atom stereocenters. The van der Waals surface area contributed by atoms with Crippen LogP contribution in [0.25, 0.3) is 22.3 Å². The molecule has 2 aliphatic carbocycles. The highest BCUT2D eigenvalue weighted by atomic mass is 19.1. The molecule has 5 heterocycles. The molecule has 0 spiro atoms. The first kappa shape index (κ1) is 22.4. The molecule has 1 aliphatic heterocycles. The summed E-state index contributed by atoms with van der Waals surface area (Å²) in [6.07, 6.45) is 9.48. The van der Waals surface area contributed by atoms with Crippen LogP contribution in [0.3, 0.4) is 0 Å². The SMILES string of the molecule is Fc1cc(C2CC2)nc(F)c1Nc1cc(-c2nc(N3CCNCC3)c3c(C4CC4)cncc3n2)ccn1. The lowest BCUT2D eigenvalue weighted by atomic mass is 10.1. The molecule has 37 heavy (non-hydrogen) atoms. The number of rotatable bonds is 6. The van der Waals surface area contributed by atoms with Crippen molar-refractivity contribution in [1.29, 1.82) is 0 Å². The third-order valence-electron chi connectivity index (χ3n) is 7.26. The van der Waals surface area contributed by atoms with Gasteiger partial charge in [-0.1, -0.05) is 0 Å². The first-order valence-corrected chi connectivity index (χ1v) is 12.8. The van der Waals surface area contributed by atoms with Gasteiger partial charge < -0.3 is 15.5 Å². The van der Waals surface area contributed by atoms with E-state index in [1.54, 1.807) is 24.5 Å². The maximum absolute atomic E-state index is 14.7. The molecule has 10 heteroatoms. The van der Waals surface area contributed by atoms with E-state index in [1.807, 2.05) is 6.20 Å². The van der Waals surface area contributed by atoms with Gasteiger partial charge in [-0.15, -0.1) is 0 Å². The molecule has 1 saturated heterocycles. The summed E-state index contributed by atoms with van der Waals surface area (Å²) in [6.45, 7) is 3.48. The molecule has 3 fully saturated rings. The van der Waals surface area contributed by atoms with Crippen molar-refractivity contribution in [3.63, 3.8) is 0 Å². The molecule has 3 aliphatic rings. The fourth-order valence-electron chi connectivity index (χ4n) is 4.99. The first-order valence-electron chi connectivity index (χ1n) is 12.8. The summed E-state index contributed by atoms with van der Waals surface area (Å²) in [7, 11) is 0. The van der Waals surface area contributed by atoms with Gasteiger partial charge in [-0.05, 0) is 55.4 Å². The van der Waals surface area contributed by atoms with Crippen LogP contribution in [0.2, 0.25) is 0 Å². The second-order valence-electron chi connectivity index (χ2n) is 10.0. The predicted octanol–water partition coefficient (Wildman–Crippen LogP) is 4.67. The van der Waals surface area contributed by atoms with Crippen molar-refractivity contribution in [3.05, 3.63) is 59.8 Å². The number of piperazine rings is 1. The molecule has 2 saturated carbocycles. The van der Waals surface area contributed by atoms with E-state index >= 15 is 0 Å². The van der Waals surface area contributed by atoms with E-state index in [1.165, 1.54) is 11.6 Å². The molecule has 0 bridgehead atoms. The zero-order chi connectivity index (χ0) is 24.9.